The van der Waals surface area contributed by atoms with Gasteiger partial charge in [-0.2, -0.15) is 0 Å². The summed E-state index contributed by atoms with van der Waals surface area (Å²) >= 11 is 15.0. The molecule has 0 saturated heterocycles. The normalized spacial score (nSPS) is 11.2. The molecule has 0 aliphatic rings. The quantitative estimate of drug-likeness (QED) is 0.803. The predicted molar refractivity (Wildman–Crippen MR) is 88.0 cm³/mol. The second-order valence-corrected chi connectivity index (χ2v) is 7.41. The van der Waals surface area contributed by atoms with Crippen molar-refractivity contribution in [1.82, 2.24) is 0 Å². The van der Waals surface area contributed by atoms with Crippen molar-refractivity contribution in [3.05, 3.63) is 50.9 Å². The smallest absolute Gasteiger partial charge is 0.261 e. The summed E-state index contributed by atoms with van der Waals surface area (Å²) in [4.78, 5) is 0.0752. The van der Waals surface area contributed by atoms with Gasteiger partial charge < -0.3 is 4.74 Å². The summed E-state index contributed by atoms with van der Waals surface area (Å²) in [6, 6.07) is 8.97. The lowest BCUT2D eigenvalue weighted by atomic mass is 10.3. The number of sulfonamides is 1. The molecule has 0 aliphatic carbocycles. The lowest BCUT2D eigenvalue weighted by Crippen LogP contribution is -2.13. The maximum absolute atomic E-state index is 12.3. The van der Waals surface area contributed by atoms with Gasteiger partial charge in [-0.3, -0.25) is 4.72 Å². The van der Waals surface area contributed by atoms with Gasteiger partial charge in [0.15, 0.2) is 0 Å². The summed E-state index contributed by atoms with van der Waals surface area (Å²) in [5.41, 5.74) is 0.219. The Hall–Kier alpha value is -0.950. The van der Waals surface area contributed by atoms with Crippen LogP contribution < -0.4 is 9.46 Å². The van der Waals surface area contributed by atoms with Crippen LogP contribution in [0.1, 0.15) is 0 Å². The lowest BCUT2D eigenvalue weighted by Gasteiger charge is -2.11. The van der Waals surface area contributed by atoms with Crippen LogP contribution >= 0.6 is 39.1 Å². The number of nitrogens with one attached hydrogen (secondary N) is 1. The van der Waals surface area contributed by atoms with Gasteiger partial charge in [0.2, 0.25) is 0 Å². The monoisotopic (exact) mass is 409 g/mol. The molecular weight excluding hydrogens is 401 g/mol. The molecule has 2 aromatic rings. The highest BCUT2D eigenvalue weighted by atomic mass is 79.9. The third-order valence-corrected chi connectivity index (χ3v) is 5.15. The van der Waals surface area contributed by atoms with Gasteiger partial charge in [-0.1, -0.05) is 23.2 Å². The third kappa shape index (κ3) is 3.83. The van der Waals surface area contributed by atoms with E-state index in [1.54, 1.807) is 12.1 Å². The number of hydrogen-bond acceptors (Lipinski definition) is 3. The van der Waals surface area contributed by atoms with Crippen molar-refractivity contribution in [1.29, 1.82) is 0 Å². The van der Waals surface area contributed by atoms with Crippen LogP contribution in [0.2, 0.25) is 10.0 Å². The fourth-order valence-electron chi connectivity index (χ4n) is 1.59. The predicted octanol–water partition coefficient (Wildman–Crippen LogP) is 4.57. The van der Waals surface area contributed by atoms with Crippen LogP contribution in [0.4, 0.5) is 5.69 Å². The molecule has 2 rings (SSSR count). The summed E-state index contributed by atoms with van der Waals surface area (Å²) in [5, 5.41) is 0.642. The van der Waals surface area contributed by atoms with E-state index in [2.05, 4.69) is 20.7 Å². The van der Waals surface area contributed by atoms with Crippen molar-refractivity contribution >= 4 is 54.8 Å². The number of benzene rings is 2. The molecule has 0 heterocycles. The molecule has 0 aromatic heterocycles. The molecule has 0 atom stereocenters. The molecule has 1 N–H and O–H groups in total. The van der Waals surface area contributed by atoms with Gasteiger partial charge in [0.05, 0.1) is 27.2 Å². The zero-order chi connectivity index (χ0) is 15.6. The Morgan fingerprint density at radius 3 is 2.48 bits per heavy atom. The Morgan fingerprint density at radius 2 is 1.86 bits per heavy atom. The maximum atomic E-state index is 12.3. The van der Waals surface area contributed by atoms with Crippen molar-refractivity contribution < 1.29 is 13.2 Å². The zero-order valence-electron chi connectivity index (χ0n) is 10.7. The highest BCUT2D eigenvalue weighted by Gasteiger charge is 2.17. The van der Waals surface area contributed by atoms with E-state index in [-0.39, 0.29) is 15.6 Å². The highest BCUT2D eigenvalue weighted by Crippen LogP contribution is 2.30. The Bertz CT molecular complexity index is 781. The molecule has 21 heavy (non-hydrogen) atoms. The van der Waals surface area contributed by atoms with Crippen LogP contribution in [0.15, 0.2) is 45.8 Å². The Labute approximate surface area is 141 Å². The van der Waals surface area contributed by atoms with Crippen LogP contribution in [-0.2, 0) is 10.0 Å². The molecular formula is C13H10BrCl2NO3S. The van der Waals surface area contributed by atoms with Crippen molar-refractivity contribution in [2.75, 3.05) is 11.8 Å². The van der Waals surface area contributed by atoms with Crippen LogP contribution in [0.5, 0.6) is 5.75 Å². The van der Waals surface area contributed by atoms with Gasteiger partial charge in [-0.15, -0.1) is 0 Å². The molecule has 0 bridgehead atoms. The van der Waals surface area contributed by atoms with Crippen LogP contribution in [-0.4, -0.2) is 15.5 Å². The van der Waals surface area contributed by atoms with E-state index in [1.807, 2.05) is 0 Å². The van der Waals surface area contributed by atoms with Gasteiger partial charge in [-0.05, 0) is 52.3 Å². The van der Waals surface area contributed by atoms with E-state index >= 15 is 0 Å². The maximum Gasteiger partial charge on any atom is 0.261 e. The van der Waals surface area contributed by atoms with E-state index in [1.165, 1.54) is 31.4 Å². The minimum Gasteiger partial charge on any atom is -0.496 e. The summed E-state index contributed by atoms with van der Waals surface area (Å²) in [7, 11) is -2.28. The standard InChI is InChI=1S/C13H10BrCl2NO3S/c1-20-13-5-3-9(7-10(13)14)21(18,19)17-12-6-8(15)2-4-11(12)16/h2-7,17H,1H3. The van der Waals surface area contributed by atoms with E-state index in [0.717, 1.165) is 0 Å². The van der Waals surface area contributed by atoms with Crippen molar-refractivity contribution in [2.24, 2.45) is 0 Å². The molecule has 0 spiro atoms. The minimum absolute atomic E-state index is 0.0752. The first-order chi connectivity index (χ1) is 9.83. The first-order valence-corrected chi connectivity index (χ1v) is 8.68. The van der Waals surface area contributed by atoms with Gasteiger partial charge in [-0.25, -0.2) is 8.42 Å². The number of ether oxygens (including phenoxy) is 1. The largest absolute Gasteiger partial charge is 0.496 e. The van der Waals surface area contributed by atoms with E-state index in [9.17, 15) is 8.42 Å². The topological polar surface area (TPSA) is 55.4 Å². The molecule has 0 saturated carbocycles. The fourth-order valence-corrected chi connectivity index (χ4v) is 3.78. The van der Waals surface area contributed by atoms with Gasteiger partial charge in [0, 0.05) is 5.02 Å². The summed E-state index contributed by atoms with van der Waals surface area (Å²) < 4.78 is 32.7. The molecule has 8 heteroatoms. The number of hydrogen-bond donors (Lipinski definition) is 1. The average Bonchev–Trinajstić information content (AvgIpc) is 2.42. The minimum atomic E-state index is -3.78. The second kappa shape index (κ2) is 6.44. The van der Waals surface area contributed by atoms with Gasteiger partial charge in [0.1, 0.15) is 5.75 Å². The van der Waals surface area contributed by atoms with E-state index < -0.39 is 10.0 Å². The SMILES string of the molecule is COc1ccc(S(=O)(=O)Nc2cc(Cl)ccc2Cl)cc1Br. The van der Waals surface area contributed by atoms with Crippen LogP contribution in [0.3, 0.4) is 0 Å². The summed E-state index contributed by atoms with van der Waals surface area (Å²) in [5.74, 6) is 0.537. The molecule has 0 aliphatic heterocycles. The number of methoxy groups -OCH3 is 1. The van der Waals surface area contributed by atoms with E-state index in [0.29, 0.717) is 15.2 Å². The van der Waals surface area contributed by atoms with Crippen LogP contribution in [0, 0.1) is 0 Å². The Kier molecular flexibility index (Phi) is 5.03. The second-order valence-electron chi connectivity index (χ2n) is 4.03. The molecule has 0 fully saturated rings. The average molecular weight is 411 g/mol. The first kappa shape index (κ1) is 16.4. The lowest BCUT2D eigenvalue weighted by molar-refractivity contribution is 0.411. The van der Waals surface area contributed by atoms with Gasteiger partial charge in [0.25, 0.3) is 10.0 Å². The molecule has 0 unspecified atom stereocenters. The molecule has 0 amide bonds. The Morgan fingerprint density at radius 1 is 1.14 bits per heavy atom. The first-order valence-electron chi connectivity index (χ1n) is 5.65. The molecule has 112 valence electrons. The van der Waals surface area contributed by atoms with E-state index in [4.69, 9.17) is 27.9 Å². The number of rotatable bonds is 4. The van der Waals surface area contributed by atoms with Crippen LogP contribution in [0.25, 0.3) is 0 Å². The highest BCUT2D eigenvalue weighted by molar-refractivity contribution is 9.10. The van der Waals surface area contributed by atoms with Gasteiger partial charge >= 0.3 is 0 Å². The summed E-state index contributed by atoms with van der Waals surface area (Å²) in [6.45, 7) is 0. The molecule has 4 nitrogen and oxygen atoms in total. The molecule has 0 radical (unpaired) electrons. The number of halogens is 3. The van der Waals surface area contributed by atoms with Crippen molar-refractivity contribution in [3.8, 4) is 5.75 Å². The van der Waals surface area contributed by atoms with Crippen molar-refractivity contribution in [3.63, 3.8) is 0 Å². The third-order valence-electron chi connectivity index (χ3n) is 2.61. The van der Waals surface area contributed by atoms with Crippen molar-refractivity contribution in [2.45, 2.75) is 4.90 Å². The number of anilines is 1. The summed E-state index contributed by atoms with van der Waals surface area (Å²) in [6.07, 6.45) is 0. The Balaban J connectivity index is 2.38. The zero-order valence-corrected chi connectivity index (χ0v) is 14.6. The molecule has 2 aromatic carbocycles. The fraction of sp³-hybridized carbons (Fsp3) is 0.0769.